The lowest BCUT2D eigenvalue weighted by Crippen LogP contribution is -2.05. The monoisotopic (exact) mass is 319 g/mol. The van der Waals surface area contributed by atoms with Crippen LogP contribution in [0, 0.1) is 0 Å². The van der Waals surface area contributed by atoms with E-state index in [0.29, 0.717) is 0 Å². The summed E-state index contributed by atoms with van der Waals surface area (Å²) in [5, 5.41) is 0. The van der Waals surface area contributed by atoms with Crippen LogP contribution in [0.15, 0.2) is 15.0 Å². The van der Waals surface area contributed by atoms with Gasteiger partial charge < -0.3 is 10.5 Å². The number of ether oxygens (including phenoxy) is 1. The minimum Gasteiger partial charge on any atom is -0.494 e. The topological polar surface area (TPSA) is 35.2 Å². The van der Waals surface area contributed by atoms with Crippen LogP contribution in [0.3, 0.4) is 0 Å². The van der Waals surface area contributed by atoms with Crippen LogP contribution < -0.4 is 10.5 Å². The van der Waals surface area contributed by atoms with E-state index in [1.807, 2.05) is 0 Å². The second-order valence-electron chi connectivity index (χ2n) is 3.42. The molecule has 0 unspecified atom stereocenters. The van der Waals surface area contributed by atoms with E-state index in [0.717, 1.165) is 27.5 Å². The van der Waals surface area contributed by atoms with Gasteiger partial charge in [0, 0.05) is 6.04 Å². The molecule has 2 N–H and O–H groups in total. The predicted octanol–water partition coefficient (Wildman–Crippen LogP) is 3.17. The molecule has 2 rings (SSSR count). The van der Waals surface area contributed by atoms with Crippen LogP contribution in [-0.2, 0) is 6.42 Å². The first-order valence-electron chi connectivity index (χ1n) is 4.45. The average Bonchev–Trinajstić information content (AvgIpc) is 2.49. The van der Waals surface area contributed by atoms with Crippen LogP contribution in [-0.4, -0.2) is 7.11 Å². The van der Waals surface area contributed by atoms with Crippen LogP contribution in [0.2, 0.25) is 0 Å². The van der Waals surface area contributed by atoms with E-state index in [2.05, 4.69) is 37.9 Å². The Bertz CT molecular complexity index is 379. The van der Waals surface area contributed by atoms with E-state index >= 15 is 0 Å². The lowest BCUT2D eigenvalue weighted by Gasteiger charge is -2.12. The lowest BCUT2D eigenvalue weighted by atomic mass is 10.1. The predicted molar refractivity (Wildman–Crippen MR) is 63.6 cm³/mol. The molecular weight excluding hydrogens is 310 g/mol. The van der Waals surface area contributed by atoms with E-state index in [4.69, 9.17) is 10.5 Å². The fraction of sp³-hybridized carbons (Fsp3) is 0.400. The van der Waals surface area contributed by atoms with Crippen molar-refractivity contribution in [2.45, 2.75) is 18.9 Å². The number of hydrogen-bond acceptors (Lipinski definition) is 2. The van der Waals surface area contributed by atoms with Gasteiger partial charge in [0.1, 0.15) is 5.75 Å². The van der Waals surface area contributed by atoms with Gasteiger partial charge in [-0.2, -0.15) is 0 Å². The van der Waals surface area contributed by atoms with Crippen molar-refractivity contribution < 1.29 is 4.74 Å². The number of methoxy groups -OCH3 is 1. The van der Waals surface area contributed by atoms with Crippen LogP contribution in [0.4, 0.5) is 0 Å². The van der Waals surface area contributed by atoms with Crippen LogP contribution in [0.5, 0.6) is 5.75 Å². The van der Waals surface area contributed by atoms with Crippen LogP contribution >= 0.6 is 31.9 Å². The van der Waals surface area contributed by atoms with E-state index in [1.54, 1.807) is 7.11 Å². The number of nitrogens with two attached hydrogens (primary N) is 1. The van der Waals surface area contributed by atoms with Crippen LogP contribution in [0.1, 0.15) is 23.6 Å². The quantitative estimate of drug-likeness (QED) is 0.862. The zero-order valence-electron chi connectivity index (χ0n) is 7.81. The van der Waals surface area contributed by atoms with Gasteiger partial charge >= 0.3 is 0 Å². The summed E-state index contributed by atoms with van der Waals surface area (Å²) < 4.78 is 7.30. The molecule has 0 amide bonds. The van der Waals surface area contributed by atoms with E-state index in [-0.39, 0.29) is 6.04 Å². The van der Waals surface area contributed by atoms with Crippen molar-refractivity contribution in [2.75, 3.05) is 7.11 Å². The van der Waals surface area contributed by atoms with Crippen molar-refractivity contribution in [3.8, 4) is 5.75 Å². The first-order chi connectivity index (χ1) is 6.65. The molecule has 0 aliphatic heterocycles. The third kappa shape index (κ3) is 1.49. The fourth-order valence-corrected chi connectivity index (χ4v) is 3.56. The number of halogens is 2. The molecular formula is C10H11Br2NO. The van der Waals surface area contributed by atoms with Crippen molar-refractivity contribution in [3.63, 3.8) is 0 Å². The normalized spacial score (nSPS) is 19.6. The summed E-state index contributed by atoms with van der Waals surface area (Å²) in [6, 6.07) is 2.24. The van der Waals surface area contributed by atoms with E-state index in [9.17, 15) is 0 Å². The highest BCUT2D eigenvalue weighted by Gasteiger charge is 2.24. The number of rotatable bonds is 1. The maximum absolute atomic E-state index is 5.99. The molecule has 0 aromatic heterocycles. The summed E-state index contributed by atoms with van der Waals surface area (Å²) in [4.78, 5) is 0. The fourth-order valence-electron chi connectivity index (χ4n) is 1.89. The van der Waals surface area contributed by atoms with Crippen molar-refractivity contribution in [2.24, 2.45) is 5.73 Å². The summed E-state index contributed by atoms with van der Waals surface area (Å²) in [5.74, 6) is 0.859. The summed E-state index contributed by atoms with van der Waals surface area (Å²) in [6.45, 7) is 0. The Morgan fingerprint density at radius 2 is 2.21 bits per heavy atom. The summed E-state index contributed by atoms with van der Waals surface area (Å²) >= 11 is 7.04. The van der Waals surface area contributed by atoms with Crippen LogP contribution in [0.25, 0.3) is 0 Å². The van der Waals surface area contributed by atoms with E-state index in [1.165, 1.54) is 11.1 Å². The Morgan fingerprint density at radius 3 is 2.86 bits per heavy atom. The SMILES string of the molecule is COc1c(Br)cc2c(c1Br)CC[C@@H]2N. The Kier molecular flexibility index (Phi) is 2.86. The van der Waals surface area contributed by atoms with Gasteiger partial charge in [0.25, 0.3) is 0 Å². The maximum Gasteiger partial charge on any atom is 0.147 e. The summed E-state index contributed by atoms with van der Waals surface area (Å²) in [6.07, 6.45) is 2.05. The van der Waals surface area contributed by atoms with E-state index < -0.39 is 0 Å². The van der Waals surface area contributed by atoms with Gasteiger partial charge in [-0.1, -0.05) is 0 Å². The first kappa shape index (κ1) is 10.5. The van der Waals surface area contributed by atoms with Gasteiger partial charge in [0.05, 0.1) is 16.1 Å². The highest BCUT2D eigenvalue weighted by atomic mass is 79.9. The lowest BCUT2D eigenvalue weighted by molar-refractivity contribution is 0.409. The molecule has 0 heterocycles. The largest absolute Gasteiger partial charge is 0.494 e. The number of benzene rings is 1. The van der Waals surface area contributed by atoms with Gasteiger partial charge in [-0.05, 0) is 61.9 Å². The molecule has 1 aromatic carbocycles. The Morgan fingerprint density at radius 1 is 1.50 bits per heavy atom. The van der Waals surface area contributed by atoms with Gasteiger partial charge in [0.2, 0.25) is 0 Å². The molecule has 1 aromatic rings. The molecule has 0 bridgehead atoms. The molecule has 14 heavy (non-hydrogen) atoms. The molecule has 1 aliphatic carbocycles. The molecule has 0 saturated heterocycles. The minimum atomic E-state index is 0.170. The zero-order valence-corrected chi connectivity index (χ0v) is 11.0. The molecule has 2 nitrogen and oxygen atoms in total. The number of hydrogen-bond donors (Lipinski definition) is 1. The Labute approximate surface area is 100 Å². The molecule has 0 spiro atoms. The first-order valence-corrected chi connectivity index (χ1v) is 6.04. The molecule has 0 fully saturated rings. The standard InChI is InChI=1S/C10H11Br2NO/c1-14-10-7(11)4-6-5(9(10)12)2-3-8(6)13/h4,8H,2-3,13H2,1H3/t8-/m0/s1. The summed E-state index contributed by atoms with van der Waals surface area (Å²) in [5.41, 5.74) is 8.51. The molecule has 0 saturated carbocycles. The Balaban J connectivity index is 2.63. The minimum absolute atomic E-state index is 0.170. The second kappa shape index (κ2) is 3.83. The molecule has 1 aliphatic rings. The third-order valence-electron chi connectivity index (χ3n) is 2.62. The number of fused-ring (bicyclic) bond motifs is 1. The van der Waals surface area contributed by atoms with Gasteiger partial charge in [-0.15, -0.1) is 0 Å². The average molecular weight is 321 g/mol. The molecule has 76 valence electrons. The van der Waals surface area contributed by atoms with Crippen molar-refractivity contribution >= 4 is 31.9 Å². The zero-order chi connectivity index (χ0) is 10.3. The molecule has 4 heteroatoms. The van der Waals surface area contributed by atoms with Crippen molar-refractivity contribution in [1.82, 2.24) is 0 Å². The second-order valence-corrected chi connectivity index (χ2v) is 5.07. The third-order valence-corrected chi connectivity index (χ3v) is 4.05. The smallest absolute Gasteiger partial charge is 0.147 e. The molecule has 1 atom stereocenters. The van der Waals surface area contributed by atoms with Gasteiger partial charge in [0.15, 0.2) is 0 Å². The Hall–Kier alpha value is -0.0600. The van der Waals surface area contributed by atoms with Crippen molar-refractivity contribution in [1.29, 1.82) is 0 Å². The highest BCUT2D eigenvalue weighted by molar-refractivity contribution is 9.11. The molecule has 0 radical (unpaired) electrons. The van der Waals surface area contributed by atoms with Gasteiger partial charge in [-0.3, -0.25) is 0 Å². The van der Waals surface area contributed by atoms with Crippen molar-refractivity contribution in [3.05, 3.63) is 26.1 Å². The summed E-state index contributed by atoms with van der Waals surface area (Å²) in [7, 11) is 1.67. The maximum atomic E-state index is 5.99. The highest BCUT2D eigenvalue weighted by Crippen LogP contribution is 2.43. The van der Waals surface area contributed by atoms with Gasteiger partial charge in [-0.25, -0.2) is 0 Å².